The van der Waals surface area contributed by atoms with Gasteiger partial charge in [-0.2, -0.15) is 0 Å². The van der Waals surface area contributed by atoms with Crippen LogP contribution in [0.2, 0.25) is 5.02 Å². The number of benzene rings is 1. The molecule has 0 atom stereocenters. The molecule has 0 aromatic heterocycles. The monoisotopic (exact) mass is 311 g/mol. The highest BCUT2D eigenvalue weighted by atomic mass is 35.5. The lowest BCUT2D eigenvalue weighted by atomic mass is 10.1. The third-order valence-corrected chi connectivity index (χ3v) is 4.00. The highest BCUT2D eigenvalue weighted by Crippen LogP contribution is 2.29. The van der Waals surface area contributed by atoms with Crippen molar-refractivity contribution in [2.24, 2.45) is 5.73 Å². The van der Waals surface area contributed by atoms with E-state index in [1.54, 1.807) is 0 Å². The molecule has 0 unspecified atom stereocenters. The van der Waals surface area contributed by atoms with Gasteiger partial charge in [0.05, 0.1) is 11.6 Å². The molecule has 0 aliphatic rings. The maximum Gasteiger partial charge on any atom is 0.141 e. The molecule has 120 valence electrons. The molecule has 0 radical (unpaired) electrons. The van der Waals surface area contributed by atoms with Gasteiger partial charge in [0.1, 0.15) is 5.75 Å². The van der Waals surface area contributed by atoms with E-state index in [0.717, 1.165) is 30.8 Å². The Balaban J connectivity index is 2.18. The minimum Gasteiger partial charge on any atom is -0.492 e. The molecule has 0 aliphatic heterocycles. The normalized spacial score (nSPS) is 10.8. The van der Waals surface area contributed by atoms with E-state index in [4.69, 9.17) is 22.1 Å². The standard InChI is InChI=1S/C18H30ClNO/c1-2-3-4-5-6-7-8-9-15-21-18-16(13-14-20)11-10-12-17(18)19/h10-12H,2-9,13-15,20H2,1H3. The molecule has 0 spiro atoms. The first kappa shape index (κ1) is 18.3. The molecule has 0 heterocycles. The number of nitrogens with two attached hydrogens (primary N) is 1. The van der Waals surface area contributed by atoms with Gasteiger partial charge in [0.15, 0.2) is 0 Å². The van der Waals surface area contributed by atoms with Crippen molar-refractivity contribution in [3.63, 3.8) is 0 Å². The van der Waals surface area contributed by atoms with Crippen LogP contribution in [0.1, 0.15) is 63.9 Å². The minimum atomic E-state index is 0.620. The Morgan fingerprint density at radius 3 is 2.33 bits per heavy atom. The van der Waals surface area contributed by atoms with E-state index in [9.17, 15) is 0 Å². The number of ether oxygens (including phenoxy) is 1. The van der Waals surface area contributed by atoms with Crippen LogP contribution >= 0.6 is 11.6 Å². The number of unbranched alkanes of at least 4 members (excludes halogenated alkanes) is 7. The van der Waals surface area contributed by atoms with Crippen LogP contribution < -0.4 is 10.5 Å². The molecule has 1 aromatic carbocycles. The van der Waals surface area contributed by atoms with Gasteiger partial charge in [0.2, 0.25) is 0 Å². The maximum atomic E-state index is 6.21. The first-order valence-corrected chi connectivity index (χ1v) is 8.77. The second kappa shape index (κ2) is 11.9. The molecule has 0 saturated heterocycles. The number of hydrogen-bond acceptors (Lipinski definition) is 2. The lowest BCUT2D eigenvalue weighted by molar-refractivity contribution is 0.301. The van der Waals surface area contributed by atoms with E-state index in [1.165, 1.54) is 44.9 Å². The van der Waals surface area contributed by atoms with Crippen molar-refractivity contribution in [2.45, 2.75) is 64.7 Å². The molecule has 0 fully saturated rings. The minimum absolute atomic E-state index is 0.620. The highest BCUT2D eigenvalue weighted by molar-refractivity contribution is 6.32. The Morgan fingerprint density at radius 2 is 1.67 bits per heavy atom. The predicted octanol–water partition coefficient (Wildman–Crippen LogP) is 5.36. The molecule has 3 heteroatoms. The van der Waals surface area contributed by atoms with Gasteiger partial charge < -0.3 is 10.5 Å². The third kappa shape index (κ3) is 7.73. The average Bonchev–Trinajstić information content (AvgIpc) is 2.48. The van der Waals surface area contributed by atoms with Gasteiger partial charge >= 0.3 is 0 Å². The summed E-state index contributed by atoms with van der Waals surface area (Å²) in [5.41, 5.74) is 6.74. The van der Waals surface area contributed by atoms with Gasteiger partial charge in [-0.3, -0.25) is 0 Å². The van der Waals surface area contributed by atoms with Crippen molar-refractivity contribution in [3.8, 4) is 5.75 Å². The van der Waals surface area contributed by atoms with Gasteiger partial charge in [0.25, 0.3) is 0 Å². The Labute approximate surface area is 135 Å². The van der Waals surface area contributed by atoms with Crippen LogP contribution in [-0.2, 0) is 6.42 Å². The lowest BCUT2D eigenvalue weighted by Gasteiger charge is -2.12. The van der Waals surface area contributed by atoms with Crippen LogP contribution in [0.5, 0.6) is 5.75 Å². The summed E-state index contributed by atoms with van der Waals surface area (Å²) in [7, 11) is 0. The molecule has 1 aromatic rings. The van der Waals surface area contributed by atoms with Crippen molar-refractivity contribution in [1.29, 1.82) is 0 Å². The highest BCUT2D eigenvalue weighted by Gasteiger charge is 2.07. The van der Waals surface area contributed by atoms with Crippen LogP contribution in [0, 0.1) is 0 Å². The molecule has 0 aliphatic carbocycles. The number of hydrogen-bond donors (Lipinski definition) is 1. The molecule has 0 amide bonds. The molecule has 2 N–H and O–H groups in total. The molecular weight excluding hydrogens is 282 g/mol. The first-order valence-electron chi connectivity index (χ1n) is 8.39. The topological polar surface area (TPSA) is 35.2 Å². The zero-order chi connectivity index (χ0) is 15.3. The second-order valence-corrected chi connectivity index (χ2v) is 6.00. The van der Waals surface area contributed by atoms with E-state index in [0.29, 0.717) is 11.6 Å². The van der Waals surface area contributed by atoms with Crippen LogP contribution in [0.25, 0.3) is 0 Å². The van der Waals surface area contributed by atoms with Gasteiger partial charge in [-0.15, -0.1) is 0 Å². The van der Waals surface area contributed by atoms with Crippen molar-refractivity contribution in [2.75, 3.05) is 13.2 Å². The SMILES string of the molecule is CCCCCCCCCCOc1c(Cl)cccc1CCN. The summed E-state index contributed by atoms with van der Waals surface area (Å²) in [5, 5.41) is 0.695. The summed E-state index contributed by atoms with van der Waals surface area (Å²) in [5.74, 6) is 0.826. The molecule has 0 bridgehead atoms. The van der Waals surface area contributed by atoms with E-state index in [1.807, 2.05) is 18.2 Å². The van der Waals surface area contributed by atoms with Crippen molar-refractivity contribution in [1.82, 2.24) is 0 Å². The van der Waals surface area contributed by atoms with Crippen LogP contribution in [0.4, 0.5) is 0 Å². The zero-order valence-electron chi connectivity index (χ0n) is 13.4. The summed E-state index contributed by atoms with van der Waals surface area (Å²) < 4.78 is 5.88. The van der Waals surface area contributed by atoms with Crippen LogP contribution in [0.15, 0.2) is 18.2 Å². The lowest BCUT2D eigenvalue weighted by Crippen LogP contribution is -2.06. The summed E-state index contributed by atoms with van der Waals surface area (Å²) >= 11 is 6.21. The van der Waals surface area contributed by atoms with Crippen molar-refractivity contribution in [3.05, 3.63) is 28.8 Å². The fourth-order valence-corrected chi connectivity index (χ4v) is 2.73. The molecule has 0 saturated carbocycles. The quantitative estimate of drug-likeness (QED) is 0.527. The summed E-state index contributed by atoms with van der Waals surface area (Å²) in [4.78, 5) is 0. The Morgan fingerprint density at radius 1 is 1.00 bits per heavy atom. The van der Waals surface area contributed by atoms with Crippen molar-refractivity contribution >= 4 is 11.6 Å². The average molecular weight is 312 g/mol. The number of rotatable bonds is 12. The van der Waals surface area contributed by atoms with Crippen LogP contribution in [-0.4, -0.2) is 13.2 Å². The van der Waals surface area contributed by atoms with Crippen LogP contribution in [0.3, 0.4) is 0 Å². The number of para-hydroxylation sites is 1. The van der Waals surface area contributed by atoms with Crippen molar-refractivity contribution < 1.29 is 4.74 Å². The van der Waals surface area contributed by atoms with Gasteiger partial charge in [-0.1, -0.05) is 75.6 Å². The predicted molar refractivity (Wildman–Crippen MR) is 92.3 cm³/mol. The Kier molecular flexibility index (Phi) is 10.4. The van der Waals surface area contributed by atoms with E-state index < -0.39 is 0 Å². The van der Waals surface area contributed by atoms with E-state index >= 15 is 0 Å². The van der Waals surface area contributed by atoms with Gasteiger partial charge in [0, 0.05) is 0 Å². The molecule has 1 rings (SSSR count). The van der Waals surface area contributed by atoms with Gasteiger partial charge in [-0.25, -0.2) is 0 Å². The van der Waals surface area contributed by atoms with Gasteiger partial charge in [-0.05, 0) is 31.0 Å². The summed E-state index contributed by atoms with van der Waals surface area (Å²) in [6.45, 7) is 3.62. The third-order valence-electron chi connectivity index (χ3n) is 3.71. The molecular formula is C18H30ClNO. The Hall–Kier alpha value is -0.730. The maximum absolute atomic E-state index is 6.21. The van der Waals surface area contributed by atoms with E-state index in [2.05, 4.69) is 6.92 Å². The summed E-state index contributed by atoms with van der Waals surface area (Å²) in [6.07, 6.45) is 11.3. The summed E-state index contributed by atoms with van der Waals surface area (Å²) in [6, 6.07) is 5.88. The smallest absolute Gasteiger partial charge is 0.141 e. The zero-order valence-corrected chi connectivity index (χ0v) is 14.1. The molecule has 21 heavy (non-hydrogen) atoms. The second-order valence-electron chi connectivity index (χ2n) is 5.59. The largest absolute Gasteiger partial charge is 0.492 e. The molecule has 2 nitrogen and oxygen atoms in total. The Bertz CT molecular complexity index is 381. The number of halogens is 1. The first-order chi connectivity index (χ1) is 10.3. The fraction of sp³-hybridized carbons (Fsp3) is 0.667. The fourth-order valence-electron chi connectivity index (χ4n) is 2.48. The van der Waals surface area contributed by atoms with E-state index in [-0.39, 0.29) is 0 Å².